The maximum absolute atomic E-state index is 9.25. The minimum Gasteiger partial charge on any atom is -0.443 e. The molecule has 0 amide bonds. The van der Waals surface area contributed by atoms with Gasteiger partial charge >= 0.3 is 0 Å². The zero-order valence-corrected chi connectivity index (χ0v) is 11.6. The predicted molar refractivity (Wildman–Crippen MR) is 76.0 cm³/mol. The molecule has 1 aromatic carbocycles. The van der Waals surface area contributed by atoms with E-state index in [-0.39, 0.29) is 6.61 Å². The zero-order valence-electron chi connectivity index (χ0n) is 11.6. The second-order valence-electron chi connectivity index (χ2n) is 5.30. The third-order valence-electron chi connectivity index (χ3n) is 3.57. The van der Waals surface area contributed by atoms with Crippen LogP contribution in [0.5, 0.6) is 0 Å². The Balaban J connectivity index is 1.79. The third-order valence-corrected chi connectivity index (χ3v) is 3.57. The first-order chi connectivity index (χ1) is 9.20. The molecule has 1 atom stereocenters. The average Bonchev–Trinajstić information content (AvgIpc) is 2.85. The smallest absolute Gasteiger partial charge is 0.181 e. The molecule has 2 rings (SSSR count). The fourth-order valence-electron chi connectivity index (χ4n) is 2.09. The molecular weight excluding hydrogens is 240 g/mol. The summed E-state index contributed by atoms with van der Waals surface area (Å²) in [6.07, 6.45) is 2.42. The van der Waals surface area contributed by atoms with Gasteiger partial charge in [0.05, 0.1) is 0 Å². The highest BCUT2D eigenvalue weighted by molar-refractivity contribution is 5.72. The second kappa shape index (κ2) is 6.68. The van der Waals surface area contributed by atoms with E-state index in [4.69, 9.17) is 4.42 Å². The van der Waals surface area contributed by atoms with E-state index in [0.717, 1.165) is 30.6 Å². The summed E-state index contributed by atoms with van der Waals surface area (Å²) < 4.78 is 5.29. The molecule has 0 fully saturated rings. The van der Waals surface area contributed by atoms with Crippen molar-refractivity contribution in [2.24, 2.45) is 11.8 Å². The molecular formula is C15H22N2O2. The predicted octanol–water partition coefficient (Wildman–Crippen LogP) is 2.22. The van der Waals surface area contributed by atoms with Crippen molar-refractivity contribution in [3.63, 3.8) is 0 Å². The van der Waals surface area contributed by atoms with Crippen molar-refractivity contribution in [1.82, 2.24) is 10.3 Å². The van der Waals surface area contributed by atoms with E-state index in [1.807, 2.05) is 12.1 Å². The van der Waals surface area contributed by atoms with Gasteiger partial charge in [-0.05, 0) is 42.5 Å². The van der Waals surface area contributed by atoms with Gasteiger partial charge in [-0.2, -0.15) is 0 Å². The van der Waals surface area contributed by atoms with Crippen LogP contribution in [-0.2, 0) is 6.42 Å². The Bertz CT molecular complexity index is 508. The van der Waals surface area contributed by atoms with E-state index >= 15 is 0 Å². The standard InChI is InChI=1S/C15H22N2O2/c1-11(2)13(9-18)8-16-6-5-12-3-4-14-15(7-12)19-10-17-14/h3-4,7,10-11,13,16,18H,5-6,8-9H2,1-2H3. The Hall–Kier alpha value is -1.39. The van der Waals surface area contributed by atoms with E-state index in [2.05, 4.69) is 30.2 Å². The number of hydrogen-bond acceptors (Lipinski definition) is 4. The summed E-state index contributed by atoms with van der Waals surface area (Å²) in [4.78, 5) is 4.10. The molecule has 0 aliphatic heterocycles. The SMILES string of the molecule is CC(C)C(CO)CNCCc1ccc2ncoc2c1. The number of oxazole rings is 1. The molecule has 2 aromatic rings. The summed E-state index contributed by atoms with van der Waals surface area (Å²) in [6, 6.07) is 6.10. The maximum atomic E-state index is 9.25. The molecule has 1 heterocycles. The van der Waals surface area contributed by atoms with E-state index in [9.17, 15) is 5.11 Å². The monoisotopic (exact) mass is 262 g/mol. The molecule has 4 heteroatoms. The zero-order chi connectivity index (χ0) is 13.7. The molecule has 19 heavy (non-hydrogen) atoms. The number of rotatable bonds is 7. The molecule has 1 unspecified atom stereocenters. The van der Waals surface area contributed by atoms with Crippen LogP contribution >= 0.6 is 0 Å². The highest BCUT2D eigenvalue weighted by atomic mass is 16.3. The summed E-state index contributed by atoms with van der Waals surface area (Å²) in [5, 5.41) is 12.7. The molecule has 0 aliphatic carbocycles. The Morgan fingerprint density at radius 3 is 2.95 bits per heavy atom. The number of nitrogens with zero attached hydrogens (tertiary/aromatic N) is 1. The first kappa shape index (κ1) is 14.0. The number of hydrogen-bond donors (Lipinski definition) is 2. The lowest BCUT2D eigenvalue weighted by molar-refractivity contribution is 0.186. The van der Waals surface area contributed by atoms with E-state index in [1.165, 1.54) is 12.0 Å². The van der Waals surface area contributed by atoms with Crippen molar-refractivity contribution in [2.45, 2.75) is 20.3 Å². The number of fused-ring (bicyclic) bond motifs is 1. The molecule has 0 bridgehead atoms. The maximum Gasteiger partial charge on any atom is 0.181 e. The molecule has 0 spiro atoms. The minimum atomic E-state index is 0.245. The molecule has 1 aromatic heterocycles. The molecule has 0 aliphatic rings. The van der Waals surface area contributed by atoms with Crippen LogP contribution in [0.1, 0.15) is 19.4 Å². The number of nitrogens with one attached hydrogen (secondary N) is 1. The van der Waals surface area contributed by atoms with Crippen LogP contribution < -0.4 is 5.32 Å². The number of aliphatic hydroxyl groups excluding tert-OH is 1. The molecule has 0 radical (unpaired) electrons. The minimum absolute atomic E-state index is 0.245. The first-order valence-electron chi connectivity index (χ1n) is 6.84. The lowest BCUT2D eigenvalue weighted by Gasteiger charge is -2.18. The van der Waals surface area contributed by atoms with Gasteiger partial charge in [-0.3, -0.25) is 0 Å². The van der Waals surface area contributed by atoms with Gasteiger partial charge < -0.3 is 14.8 Å². The summed E-state index contributed by atoms with van der Waals surface area (Å²) in [7, 11) is 0. The van der Waals surface area contributed by atoms with Crippen LogP contribution in [-0.4, -0.2) is 29.8 Å². The Kier molecular flexibility index (Phi) is 4.93. The fraction of sp³-hybridized carbons (Fsp3) is 0.533. The van der Waals surface area contributed by atoms with Gasteiger partial charge in [0.15, 0.2) is 12.0 Å². The molecule has 4 nitrogen and oxygen atoms in total. The largest absolute Gasteiger partial charge is 0.443 e. The van der Waals surface area contributed by atoms with Crippen molar-refractivity contribution in [3.8, 4) is 0 Å². The van der Waals surface area contributed by atoms with Gasteiger partial charge in [-0.25, -0.2) is 4.98 Å². The lowest BCUT2D eigenvalue weighted by atomic mass is 9.97. The van der Waals surface area contributed by atoms with Crippen molar-refractivity contribution in [3.05, 3.63) is 30.2 Å². The van der Waals surface area contributed by atoms with E-state index < -0.39 is 0 Å². The van der Waals surface area contributed by atoms with Crippen molar-refractivity contribution < 1.29 is 9.52 Å². The third kappa shape index (κ3) is 3.78. The lowest BCUT2D eigenvalue weighted by Crippen LogP contribution is -2.30. The van der Waals surface area contributed by atoms with Crippen molar-refractivity contribution in [2.75, 3.05) is 19.7 Å². The van der Waals surface area contributed by atoms with Crippen molar-refractivity contribution in [1.29, 1.82) is 0 Å². The number of benzene rings is 1. The summed E-state index contributed by atoms with van der Waals surface area (Å²) in [5.41, 5.74) is 2.98. The highest BCUT2D eigenvalue weighted by Crippen LogP contribution is 2.14. The van der Waals surface area contributed by atoms with Crippen LogP contribution in [0.2, 0.25) is 0 Å². The van der Waals surface area contributed by atoms with Crippen LogP contribution in [0.25, 0.3) is 11.1 Å². The van der Waals surface area contributed by atoms with Crippen LogP contribution in [0.15, 0.2) is 29.0 Å². The average molecular weight is 262 g/mol. The van der Waals surface area contributed by atoms with Gasteiger partial charge in [-0.1, -0.05) is 19.9 Å². The van der Waals surface area contributed by atoms with Crippen molar-refractivity contribution >= 4 is 11.1 Å². The van der Waals surface area contributed by atoms with Gasteiger partial charge in [0.25, 0.3) is 0 Å². The Morgan fingerprint density at radius 1 is 1.37 bits per heavy atom. The van der Waals surface area contributed by atoms with Crippen LogP contribution in [0.3, 0.4) is 0 Å². The normalized spacial score (nSPS) is 13.3. The van der Waals surface area contributed by atoms with E-state index in [1.54, 1.807) is 0 Å². The molecule has 0 saturated carbocycles. The van der Waals surface area contributed by atoms with Gasteiger partial charge in [0, 0.05) is 13.2 Å². The molecule has 104 valence electrons. The van der Waals surface area contributed by atoms with Crippen LogP contribution in [0, 0.1) is 11.8 Å². The topological polar surface area (TPSA) is 58.3 Å². The van der Waals surface area contributed by atoms with Gasteiger partial charge in [-0.15, -0.1) is 0 Å². The Labute approximate surface area is 113 Å². The second-order valence-corrected chi connectivity index (χ2v) is 5.30. The van der Waals surface area contributed by atoms with Crippen LogP contribution in [0.4, 0.5) is 0 Å². The van der Waals surface area contributed by atoms with Gasteiger partial charge in [0.1, 0.15) is 5.52 Å². The molecule has 2 N–H and O–H groups in total. The molecule has 0 saturated heterocycles. The fourth-order valence-corrected chi connectivity index (χ4v) is 2.09. The number of aromatic nitrogens is 1. The first-order valence-corrected chi connectivity index (χ1v) is 6.84. The Morgan fingerprint density at radius 2 is 2.21 bits per heavy atom. The summed E-state index contributed by atoms with van der Waals surface area (Å²) in [6.45, 7) is 6.29. The summed E-state index contributed by atoms with van der Waals surface area (Å²) >= 11 is 0. The van der Waals surface area contributed by atoms with Gasteiger partial charge in [0.2, 0.25) is 0 Å². The number of aliphatic hydroxyl groups is 1. The highest BCUT2D eigenvalue weighted by Gasteiger charge is 2.11. The summed E-state index contributed by atoms with van der Waals surface area (Å²) in [5.74, 6) is 0.833. The van der Waals surface area contributed by atoms with E-state index in [0.29, 0.717) is 11.8 Å². The quantitative estimate of drug-likeness (QED) is 0.751.